The van der Waals surface area contributed by atoms with Gasteiger partial charge in [0.2, 0.25) is 0 Å². The first-order valence-corrected chi connectivity index (χ1v) is 6.33. The summed E-state index contributed by atoms with van der Waals surface area (Å²) in [6, 6.07) is 0. The SMILES string of the molecule is OC(CNCC1CCCC1)C1CCOC1. The molecule has 0 radical (unpaired) electrons. The Hall–Kier alpha value is -0.120. The van der Waals surface area contributed by atoms with Crippen LogP contribution in [0.25, 0.3) is 0 Å². The molecule has 1 saturated carbocycles. The highest BCUT2D eigenvalue weighted by atomic mass is 16.5. The fourth-order valence-corrected chi connectivity index (χ4v) is 2.67. The minimum atomic E-state index is -0.214. The van der Waals surface area contributed by atoms with Gasteiger partial charge in [0.1, 0.15) is 0 Å². The zero-order valence-electron chi connectivity index (χ0n) is 9.45. The molecule has 1 aliphatic heterocycles. The summed E-state index contributed by atoms with van der Waals surface area (Å²) in [5, 5.41) is 13.3. The number of rotatable bonds is 5. The van der Waals surface area contributed by atoms with Gasteiger partial charge >= 0.3 is 0 Å². The molecular weight excluding hydrogens is 190 g/mol. The lowest BCUT2D eigenvalue weighted by molar-refractivity contribution is 0.0901. The molecule has 2 aliphatic rings. The smallest absolute Gasteiger partial charge is 0.0715 e. The van der Waals surface area contributed by atoms with Crippen LogP contribution in [0.4, 0.5) is 0 Å². The highest BCUT2D eigenvalue weighted by Gasteiger charge is 2.24. The molecule has 88 valence electrons. The van der Waals surface area contributed by atoms with Gasteiger partial charge in [-0.3, -0.25) is 0 Å². The molecular formula is C12H23NO2. The van der Waals surface area contributed by atoms with Crippen molar-refractivity contribution in [2.45, 2.75) is 38.2 Å². The van der Waals surface area contributed by atoms with Gasteiger partial charge in [-0.1, -0.05) is 12.8 Å². The van der Waals surface area contributed by atoms with Gasteiger partial charge in [-0.2, -0.15) is 0 Å². The fourth-order valence-electron chi connectivity index (χ4n) is 2.67. The largest absolute Gasteiger partial charge is 0.391 e. The Balaban J connectivity index is 1.56. The fraction of sp³-hybridized carbons (Fsp3) is 1.00. The van der Waals surface area contributed by atoms with E-state index in [9.17, 15) is 5.11 Å². The molecule has 2 atom stereocenters. The molecule has 0 amide bonds. The van der Waals surface area contributed by atoms with E-state index in [1.807, 2.05) is 0 Å². The first-order chi connectivity index (χ1) is 7.36. The maximum Gasteiger partial charge on any atom is 0.0715 e. The van der Waals surface area contributed by atoms with Crippen LogP contribution in [0.5, 0.6) is 0 Å². The Bertz CT molecular complexity index is 174. The Labute approximate surface area is 92.2 Å². The van der Waals surface area contributed by atoms with Gasteiger partial charge in [0, 0.05) is 19.1 Å². The third-order valence-electron chi connectivity index (χ3n) is 3.77. The molecule has 2 unspecified atom stereocenters. The predicted molar refractivity (Wildman–Crippen MR) is 59.8 cm³/mol. The second-order valence-electron chi connectivity index (χ2n) is 5.00. The zero-order valence-corrected chi connectivity index (χ0v) is 9.45. The van der Waals surface area contributed by atoms with Crippen molar-refractivity contribution in [3.63, 3.8) is 0 Å². The molecule has 1 saturated heterocycles. The van der Waals surface area contributed by atoms with Crippen molar-refractivity contribution in [1.29, 1.82) is 0 Å². The average Bonchev–Trinajstić information content (AvgIpc) is 2.90. The molecule has 1 heterocycles. The minimum absolute atomic E-state index is 0.214. The Morgan fingerprint density at radius 3 is 2.73 bits per heavy atom. The summed E-state index contributed by atoms with van der Waals surface area (Å²) in [7, 11) is 0. The number of hydrogen-bond acceptors (Lipinski definition) is 3. The maximum atomic E-state index is 9.88. The summed E-state index contributed by atoms with van der Waals surface area (Å²) >= 11 is 0. The van der Waals surface area contributed by atoms with Gasteiger partial charge in [0.05, 0.1) is 12.7 Å². The third-order valence-corrected chi connectivity index (χ3v) is 3.77. The van der Waals surface area contributed by atoms with Crippen LogP contribution >= 0.6 is 0 Å². The molecule has 0 spiro atoms. The van der Waals surface area contributed by atoms with Crippen LogP contribution in [0.15, 0.2) is 0 Å². The molecule has 2 rings (SSSR count). The number of ether oxygens (including phenoxy) is 1. The van der Waals surface area contributed by atoms with Crippen molar-refractivity contribution in [3.8, 4) is 0 Å². The first-order valence-electron chi connectivity index (χ1n) is 6.33. The van der Waals surface area contributed by atoms with E-state index in [-0.39, 0.29) is 6.10 Å². The summed E-state index contributed by atoms with van der Waals surface area (Å²) in [5.74, 6) is 1.22. The molecule has 2 fully saturated rings. The van der Waals surface area contributed by atoms with Crippen molar-refractivity contribution in [2.24, 2.45) is 11.8 Å². The van der Waals surface area contributed by atoms with E-state index in [1.165, 1.54) is 25.7 Å². The normalized spacial score (nSPS) is 29.8. The van der Waals surface area contributed by atoms with E-state index >= 15 is 0 Å². The van der Waals surface area contributed by atoms with Gasteiger partial charge in [-0.15, -0.1) is 0 Å². The number of hydrogen-bond donors (Lipinski definition) is 2. The Morgan fingerprint density at radius 1 is 1.27 bits per heavy atom. The van der Waals surface area contributed by atoms with Crippen LogP contribution in [0.1, 0.15) is 32.1 Å². The summed E-state index contributed by atoms with van der Waals surface area (Å²) in [4.78, 5) is 0. The predicted octanol–water partition coefficient (Wildman–Crippen LogP) is 1.16. The van der Waals surface area contributed by atoms with Gasteiger partial charge in [0.15, 0.2) is 0 Å². The Morgan fingerprint density at radius 2 is 2.07 bits per heavy atom. The van der Waals surface area contributed by atoms with Crippen LogP contribution in [-0.4, -0.2) is 37.5 Å². The number of nitrogens with one attached hydrogen (secondary N) is 1. The summed E-state index contributed by atoms with van der Waals surface area (Å²) < 4.78 is 5.27. The van der Waals surface area contributed by atoms with E-state index < -0.39 is 0 Å². The maximum absolute atomic E-state index is 9.88. The molecule has 15 heavy (non-hydrogen) atoms. The average molecular weight is 213 g/mol. The molecule has 0 aromatic rings. The number of aliphatic hydroxyl groups is 1. The zero-order chi connectivity index (χ0) is 10.5. The van der Waals surface area contributed by atoms with Gasteiger partial charge in [-0.25, -0.2) is 0 Å². The highest BCUT2D eigenvalue weighted by Crippen LogP contribution is 2.23. The van der Waals surface area contributed by atoms with Crippen molar-refractivity contribution in [1.82, 2.24) is 5.32 Å². The van der Waals surface area contributed by atoms with Crippen molar-refractivity contribution >= 4 is 0 Å². The van der Waals surface area contributed by atoms with E-state index in [4.69, 9.17) is 4.74 Å². The van der Waals surface area contributed by atoms with Gasteiger partial charge < -0.3 is 15.2 Å². The van der Waals surface area contributed by atoms with Crippen LogP contribution in [-0.2, 0) is 4.74 Å². The van der Waals surface area contributed by atoms with E-state index in [0.717, 1.165) is 38.6 Å². The van der Waals surface area contributed by atoms with E-state index in [0.29, 0.717) is 5.92 Å². The van der Waals surface area contributed by atoms with E-state index in [2.05, 4.69) is 5.32 Å². The third kappa shape index (κ3) is 3.44. The topological polar surface area (TPSA) is 41.5 Å². The van der Waals surface area contributed by atoms with Crippen molar-refractivity contribution in [3.05, 3.63) is 0 Å². The second-order valence-corrected chi connectivity index (χ2v) is 5.00. The summed E-state index contributed by atoms with van der Waals surface area (Å²) in [6.07, 6.45) is 6.34. The molecule has 3 nitrogen and oxygen atoms in total. The molecule has 0 bridgehead atoms. The summed E-state index contributed by atoms with van der Waals surface area (Å²) in [6.45, 7) is 3.39. The first kappa shape index (κ1) is 11.4. The lowest BCUT2D eigenvalue weighted by Gasteiger charge is -2.18. The number of aliphatic hydroxyl groups excluding tert-OH is 1. The molecule has 2 N–H and O–H groups in total. The van der Waals surface area contributed by atoms with Crippen molar-refractivity contribution < 1.29 is 9.84 Å². The molecule has 3 heteroatoms. The van der Waals surface area contributed by atoms with Crippen LogP contribution in [0, 0.1) is 11.8 Å². The standard InChI is InChI=1S/C12H23NO2/c14-12(11-5-6-15-9-11)8-13-7-10-3-1-2-4-10/h10-14H,1-9H2. The van der Waals surface area contributed by atoms with Crippen LogP contribution in [0.3, 0.4) is 0 Å². The summed E-state index contributed by atoms with van der Waals surface area (Å²) in [5.41, 5.74) is 0. The lowest BCUT2D eigenvalue weighted by Crippen LogP contribution is -2.35. The van der Waals surface area contributed by atoms with Crippen LogP contribution in [0.2, 0.25) is 0 Å². The molecule has 1 aliphatic carbocycles. The van der Waals surface area contributed by atoms with Gasteiger partial charge in [-0.05, 0) is 31.7 Å². The van der Waals surface area contributed by atoms with Crippen molar-refractivity contribution in [2.75, 3.05) is 26.3 Å². The Kier molecular flexibility index (Phi) is 4.42. The highest BCUT2D eigenvalue weighted by molar-refractivity contribution is 4.76. The van der Waals surface area contributed by atoms with Gasteiger partial charge in [0.25, 0.3) is 0 Å². The second kappa shape index (κ2) is 5.83. The van der Waals surface area contributed by atoms with Crippen LogP contribution < -0.4 is 5.32 Å². The monoisotopic (exact) mass is 213 g/mol. The minimum Gasteiger partial charge on any atom is -0.391 e. The quantitative estimate of drug-likeness (QED) is 0.720. The molecule has 0 aromatic heterocycles. The molecule has 0 aromatic carbocycles. The van der Waals surface area contributed by atoms with E-state index in [1.54, 1.807) is 0 Å². The lowest BCUT2D eigenvalue weighted by atomic mass is 10.0.